The Hall–Kier alpha value is -1.02. The number of hydrogen-bond acceptors (Lipinski definition) is 2. The zero-order valence-corrected chi connectivity index (χ0v) is 12.5. The minimum atomic E-state index is 0.484. The van der Waals surface area contributed by atoms with E-state index in [1.165, 1.54) is 11.3 Å². The van der Waals surface area contributed by atoms with Gasteiger partial charge in [0, 0.05) is 24.3 Å². The highest BCUT2D eigenvalue weighted by Crippen LogP contribution is 2.22. The lowest BCUT2D eigenvalue weighted by molar-refractivity contribution is 0.537. The molecule has 2 heteroatoms. The van der Waals surface area contributed by atoms with Crippen LogP contribution in [-0.4, -0.2) is 19.1 Å². The van der Waals surface area contributed by atoms with E-state index in [2.05, 4.69) is 69.1 Å². The standard InChI is InChI=1S/C16H28N2/c1-6-16(17-7-2)14-9-11-15(12-10-14)18(8-3)13(4)5/h9-13,16-17H,6-8H2,1-5H3. The van der Waals surface area contributed by atoms with Crippen molar-refractivity contribution in [1.29, 1.82) is 0 Å². The Morgan fingerprint density at radius 3 is 2.06 bits per heavy atom. The summed E-state index contributed by atoms with van der Waals surface area (Å²) >= 11 is 0. The van der Waals surface area contributed by atoms with E-state index in [4.69, 9.17) is 0 Å². The minimum Gasteiger partial charge on any atom is -0.369 e. The largest absolute Gasteiger partial charge is 0.369 e. The molecular formula is C16H28N2. The molecule has 1 aromatic rings. The fraction of sp³-hybridized carbons (Fsp3) is 0.625. The molecule has 0 bridgehead atoms. The summed E-state index contributed by atoms with van der Waals surface area (Å²) in [5, 5.41) is 3.52. The highest BCUT2D eigenvalue weighted by atomic mass is 15.1. The normalized spacial score (nSPS) is 12.8. The van der Waals surface area contributed by atoms with Gasteiger partial charge in [0.2, 0.25) is 0 Å². The molecule has 1 aromatic carbocycles. The summed E-state index contributed by atoms with van der Waals surface area (Å²) < 4.78 is 0. The second-order valence-corrected chi connectivity index (χ2v) is 4.99. The lowest BCUT2D eigenvalue weighted by Crippen LogP contribution is -2.30. The first-order valence-electron chi connectivity index (χ1n) is 7.23. The molecule has 0 fully saturated rings. The van der Waals surface area contributed by atoms with E-state index < -0.39 is 0 Å². The average molecular weight is 248 g/mol. The number of anilines is 1. The third-order valence-corrected chi connectivity index (χ3v) is 3.45. The minimum absolute atomic E-state index is 0.484. The van der Waals surface area contributed by atoms with Crippen LogP contribution < -0.4 is 10.2 Å². The molecule has 0 saturated heterocycles. The molecule has 18 heavy (non-hydrogen) atoms. The van der Waals surface area contributed by atoms with Crippen molar-refractivity contribution in [2.75, 3.05) is 18.0 Å². The maximum absolute atomic E-state index is 3.52. The molecule has 1 atom stereocenters. The van der Waals surface area contributed by atoms with Gasteiger partial charge in [-0.25, -0.2) is 0 Å². The third-order valence-electron chi connectivity index (χ3n) is 3.45. The van der Waals surface area contributed by atoms with Gasteiger partial charge in [0.05, 0.1) is 0 Å². The van der Waals surface area contributed by atoms with Crippen molar-refractivity contribution in [3.05, 3.63) is 29.8 Å². The zero-order valence-electron chi connectivity index (χ0n) is 12.5. The van der Waals surface area contributed by atoms with E-state index in [-0.39, 0.29) is 0 Å². The van der Waals surface area contributed by atoms with E-state index in [1.54, 1.807) is 0 Å². The van der Waals surface area contributed by atoms with Crippen molar-refractivity contribution in [2.24, 2.45) is 0 Å². The molecule has 1 rings (SSSR count). The first-order chi connectivity index (χ1) is 8.63. The number of nitrogens with one attached hydrogen (secondary N) is 1. The predicted octanol–water partition coefficient (Wildman–Crippen LogP) is 3.98. The quantitative estimate of drug-likeness (QED) is 0.785. The summed E-state index contributed by atoms with van der Waals surface area (Å²) in [5.74, 6) is 0. The maximum atomic E-state index is 3.52. The van der Waals surface area contributed by atoms with E-state index in [9.17, 15) is 0 Å². The summed E-state index contributed by atoms with van der Waals surface area (Å²) in [6.07, 6.45) is 1.13. The fourth-order valence-corrected chi connectivity index (χ4v) is 2.49. The maximum Gasteiger partial charge on any atom is 0.0368 e. The van der Waals surface area contributed by atoms with Gasteiger partial charge in [-0.2, -0.15) is 0 Å². The smallest absolute Gasteiger partial charge is 0.0368 e. The average Bonchev–Trinajstić information content (AvgIpc) is 2.37. The molecule has 0 amide bonds. The van der Waals surface area contributed by atoms with Gasteiger partial charge in [-0.1, -0.05) is 26.0 Å². The van der Waals surface area contributed by atoms with Crippen LogP contribution in [0.1, 0.15) is 52.6 Å². The molecule has 1 unspecified atom stereocenters. The highest BCUT2D eigenvalue weighted by Gasteiger charge is 2.10. The third kappa shape index (κ3) is 3.74. The van der Waals surface area contributed by atoms with E-state index >= 15 is 0 Å². The zero-order chi connectivity index (χ0) is 13.5. The molecule has 0 aliphatic heterocycles. The van der Waals surface area contributed by atoms with Crippen LogP contribution in [-0.2, 0) is 0 Å². The van der Waals surface area contributed by atoms with Crippen molar-refractivity contribution in [3.8, 4) is 0 Å². The fourth-order valence-electron chi connectivity index (χ4n) is 2.49. The Labute approximate surface area is 112 Å². The molecular weight excluding hydrogens is 220 g/mol. The summed E-state index contributed by atoms with van der Waals surface area (Å²) in [5.41, 5.74) is 2.71. The van der Waals surface area contributed by atoms with E-state index in [0.717, 1.165) is 19.5 Å². The SMILES string of the molecule is CCNC(CC)c1ccc(N(CC)C(C)C)cc1. The molecule has 0 aliphatic rings. The molecule has 0 saturated carbocycles. The molecule has 0 radical (unpaired) electrons. The number of hydrogen-bond donors (Lipinski definition) is 1. The van der Waals surface area contributed by atoms with Gasteiger partial charge in [0.1, 0.15) is 0 Å². The monoisotopic (exact) mass is 248 g/mol. The van der Waals surface area contributed by atoms with Gasteiger partial charge in [-0.05, 0) is 51.4 Å². The van der Waals surface area contributed by atoms with Crippen molar-refractivity contribution < 1.29 is 0 Å². The Kier molecular flexibility index (Phi) is 6.20. The van der Waals surface area contributed by atoms with E-state index in [0.29, 0.717) is 12.1 Å². The number of nitrogens with zero attached hydrogens (tertiary/aromatic N) is 1. The van der Waals surface area contributed by atoms with Crippen molar-refractivity contribution in [3.63, 3.8) is 0 Å². The second kappa shape index (κ2) is 7.42. The van der Waals surface area contributed by atoms with Gasteiger partial charge in [-0.15, -0.1) is 0 Å². The lowest BCUT2D eigenvalue weighted by Gasteiger charge is -2.28. The molecule has 0 aliphatic carbocycles. The molecule has 1 N–H and O–H groups in total. The second-order valence-electron chi connectivity index (χ2n) is 4.99. The Morgan fingerprint density at radius 2 is 1.67 bits per heavy atom. The first kappa shape index (κ1) is 15.0. The van der Waals surface area contributed by atoms with Crippen molar-refractivity contribution in [1.82, 2.24) is 5.32 Å². The number of benzene rings is 1. The summed E-state index contributed by atoms with van der Waals surface area (Å²) in [4.78, 5) is 2.41. The Bertz CT molecular complexity index is 329. The predicted molar refractivity (Wildman–Crippen MR) is 81.3 cm³/mol. The highest BCUT2D eigenvalue weighted by molar-refractivity contribution is 5.48. The van der Waals surface area contributed by atoms with Crippen LogP contribution in [0.25, 0.3) is 0 Å². The van der Waals surface area contributed by atoms with Crippen LogP contribution in [0.2, 0.25) is 0 Å². The lowest BCUT2D eigenvalue weighted by atomic mass is 10.0. The van der Waals surface area contributed by atoms with Gasteiger partial charge in [0.25, 0.3) is 0 Å². The first-order valence-corrected chi connectivity index (χ1v) is 7.23. The Morgan fingerprint density at radius 1 is 1.06 bits per heavy atom. The molecule has 102 valence electrons. The van der Waals surface area contributed by atoms with Gasteiger partial charge < -0.3 is 10.2 Å². The molecule has 2 nitrogen and oxygen atoms in total. The van der Waals surface area contributed by atoms with Gasteiger partial charge in [-0.3, -0.25) is 0 Å². The molecule has 0 spiro atoms. The van der Waals surface area contributed by atoms with E-state index in [1.807, 2.05) is 0 Å². The number of rotatable bonds is 7. The van der Waals surface area contributed by atoms with Crippen LogP contribution in [0.3, 0.4) is 0 Å². The van der Waals surface area contributed by atoms with Crippen molar-refractivity contribution in [2.45, 2.75) is 53.1 Å². The van der Waals surface area contributed by atoms with Crippen LogP contribution >= 0.6 is 0 Å². The van der Waals surface area contributed by atoms with Crippen LogP contribution in [0.15, 0.2) is 24.3 Å². The summed E-state index contributed by atoms with van der Waals surface area (Å²) in [7, 11) is 0. The topological polar surface area (TPSA) is 15.3 Å². The van der Waals surface area contributed by atoms with Crippen LogP contribution in [0, 0.1) is 0 Å². The van der Waals surface area contributed by atoms with Gasteiger partial charge in [0.15, 0.2) is 0 Å². The summed E-state index contributed by atoms with van der Waals surface area (Å²) in [6.45, 7) is 13.2. The summed E-state index contributed by atoms with van der Waals surface area (Å²) in [6, 6.07) is 10.1. The van der Waals surface area contributed by atoms with Crippen LogP contribution in [0.4, 0.5) is 5.69 Å². The Balaban J connectivity index is 2.84. The van der Waals surface area contributed by atoms with Crippen molar-refractivity contribution >= 4 is 5.69 Å². The molecule has 0 heterocycles. The van der Waals surface area contributed by atoms with Crippen LogP contribution in [0.5, 0.6) is 0 Å². The van der Waals surface area contributed by atoms with Gasteiger partial charge >= 0.3 is 0 Å². The molecule has 0 aromatic heterocycles.